The van der Waals surface area contributed by atoms with Crippen LogP contribution in [0.2, 0.25) is 0 Å². The fraction of sp³-hybridized carbons (Fsp3) is 0.867. The molecule has 126 valence electrons. The molecular weight excluding hydrogens is 297 g/mol. The first-order valence-electron chi connectivity index (χ1n) is 8.00. The van der Waals surface area contributed by atoms with Crippen LogP contribution in [0.5, 0.6) is 0 Å². The molecule has 1 aliphatic heterocycles. The largest absolute Gasteiger partial charge is 0.391 e. The highest BCUT2D eigenvalue weighted by molar-refractivity contribution is 5.79. The van der Waals surface area contributed by atoms with Crippen LogP contribution in [0.25, 0.3) is 0 Å². The van der Waals surface area contributed by atoms with E-state index in [4.69, 9.17) is 0 Å². The summed E-state index contributed by atoms with van der Waals surface area (Å²) in [5.74, 6) is -2.01. The molecule has 0 bridgehead atoms. The van der Waals surface area contributed by atoms with Gasteiger partial charge in [-0.1, -0.05) is 6.42 Å². The number of amides is 2. The van der Waals surface area contributed by atoms with Gasteiger partial charge in [0.1, 0.15) is 0 Å². The van der Waals surface area contributed by atoms with E-state index in [1.54, 1.807) is 4.90 Å². The molecular formula is C15H23F3N2O2. The van der Waals surface area contributed by atoms with Gasteiger partial charge in [0.2, 0.25) is 11.8 Å². The Balaban J connectivity index is 1.67. The van der Waals surface area contributed by atoms with E-state index in [0.717, 1.165) is 13.0 Å². The predicted molar refractivity (Wildman–Crippen MR) is 74.9 cm³/mol. The first kappa shape index (κ1) is 17.1. The summed E-state index contributed by atoms with van der Waals surface area (Å²) in [5, 5.41) is 2.72. The van der Waals surface area contributed by atoms with Crippen LogP contribution in [0.4, 0.5) is 13.2 Å². The maximum atomic E-state index is 12.7. The number of likely N-dealkylation sites (tertiary alicyclic amines) is 1. The molecule has 2 amide bonds. The topological polar surface area (TPSA) is 49.4 Å². The summed E-state index contributed by atoms with van der Waals surface area (Å²) in [6.07, 6.45) is -1.07. The number of alkyl halides is 3. The molecule has 2 unspecified atom stereocenters. The van der Waals surface area contributed by atoms with Crippen molar-refractivity contribution in [2.75, 3.05) is 19.6 Å². The number of carbonyl (C=O) groups excluding carboxylic acids is 2. The fourth-order valence-corrected chi connectivity index (χ4v) is 3.29. The van der Waals surface area contributed by atoms with E-state index in [-0.39, 0.29) is 24.7 Å². The van der Waals surface area contributed by atoms with Crippen molar-refractivity contribution in [3.63, 3.8) is 0 Å². The highest BCUT2D eigenvalue weighted by Crippen LogP contribution is 2.39. The minimum absolute atomic E-state index is 0.0973. The molecule has 1 saturated heterocycles. The molecule has 1 aliphatic carbocycles. The second kappa shape index (κ2) is 7.33. The number of rotatable bonds is 5. The Morgan fingerprint density at radius 3 is 2.68 bits per heavy atom. The number of hydrogen-bond donors (Lipinski definition) is 1. The molecule has 22 heavy (non-hydrogen) atoms. The molecule has 0 aromatic rings. The van der Waals surface area contributed by atoms with Gasteiger partial charge in [0.05, 0.1) is 5.92 Å². The summed E-state index contributed by atoms with van der Waals surface area (Å²) >= 11 is 0. The van der Waals surface area contributed by atoms with Gasteiger partial charge in [0.15, 0.2) is 0 Å². The average molecular weight is 320 g/mol. The standard InChI is InChI=1S/C15H23F3N2O2/c16-15(17,18)12-5-1-4-11(10-12)14(22)19-7-3-9-20-8-2-6-13(20)21/h11-12H,1-10H2,(H,19,22). The van der Waals surface area contributed by atoms with Crippen LogP contribution in [0, 0.1) is 11.8 Å². The SMILES string of the molecule is O=C(NCCCN1CCCC1=O)C1CCCC(C(F)(F)F)C1. The summed E-state index contributed by atoms with van der Waals surface area (Å²) in [6.45, 7) is 1.79. The summed E-state index contributed by atoms with van der Waals surface area (Å²) < 4.78 is 38.2. The van der Waals surface area contributed by atoms with Gasteiger partial charge in [-0.25, -0.2) is 0 Å². The van der Waals surface area contributed by atoms with Crippen LogP contribution >= 0.6 is 0 Å². The van der Waals surface area contributed by atoms with Gasteiger partial charge in [0.25, 0.3) is 0 Å². The summed E-state index contributed by atoms with van der Waals surface area (Å²) in [4.78, 5) is 25.2. The first-order chi connectivity index (χ1) is 10.4. The second-order valence-corrected chi connectivity index (χ2v) is 6.23. The molecule has 0 radical (unpaired) electrons. The van der Waals surface area contributed by atoms with Crippen molar-refractivity contribution in [2.24, 2.45) is 11.8 Å². The third-order valence-electron chi connectivity index (χ3n) is 4.58. The Morgan fingerprint density at radius 1 is 1.27 bits per heavy atom. The Bertz CT molecular complexity index is 412. The Morgan fingerprint density at radius 2 is 2.05 bits per heavy atom. The molecule has 4 nitrogen and oxygen atoms in total. The van der Waals surface area contributed by atoms with Gasteiger partial charge in [-0.3, -0.25) is 9.59 Å². The van der Waals surface area contributed by atoms with Gasteiger partial charge in [-0.05, 0) is 32.1 Å². The Hall–Kier alpha value is -1.27. The van der Waals surface area contributed by atoms with Crippen molar-refractivity contribution in [1.29, 1.82) is 0 Å². The number of halogens is 3. The van der Waals surface area contributed by atoms with Gasteiger partial charge in [-0.2, -0.15) is 13.2 Å². The zero-order chi connectivity index (χ0) is 16.2. The minimum Gasteiger partial charge on any atom is -0.356 e. The zero-order valence-corrected chi connectivity index (χ0v) is 12.6. The van der Waals surface area contributed by atoms with E-state index in [9.17, 15) is 22.8 Å². The molecule has 0 aromatic carbocycles. The van der Waals surface area contributed by atoms with Crippen LogP contribution in [0.15, 0.2) is 0 Å². The van der Waals surface area contributed by atoms with Crippen LogP contribution in [-0.2, 0) is 9.59 Å². The fourth-order valence-electron chi connectivity index (χ4n) is 3.29. The lowest BCUT2D eigenvalue weighted by Crippen LogP contribution is -2.38. The monoisotopic (exact) mass is 320 g/mol. The minimum atomic E-state index is -4.20. The molecule has 1 saturated carbocycles. The second-order valence-electron chi connectivity index (χ2n) is 6.23. The molecule has 2 aliphatic rings. The van der Waals surface area contributed by atoms with E-state index >= 15 is 0 Å². The first-order valence-corrected chi connectivity index (χ1v) is 8.00. The van der Waals surface area contributed by atoms with Crippen molar-refractivity contribution in [3.05, 3.63) is 0 Å². The third-order valence-corrected chi connectivity index (χ3v) is 4.58. The molecule has 7 heteroatoms. The smallest absolute Gasteiger partial charge is 0.356 e. The number of nitrogens with zero attached hydrogens (tertiary/aromatic N) is 1. The van der Waals surface area contributed by atoms with E-state index in [1.807, 2.05) is 0 Å². The van der Waals surface area contributed by atoms with E-state index in [0.29, 0.717) is 38.8 Å². The predicted octanol–water partition coefficient (Wildman–Crippen LogP) is 2.48. The molecule has 0 spiro atoms. The van der Waals surface area contributed by atoms with Crippen molar-refractivity contribution >= 4 is 11.8 Å². The highest BCUT2D eigenvalue weighted by Gasteiger charge is 2.43. The van der Waals surface area contributed by atoms with E-state index in [1.165, 1.54) is 0 Å². The quantitative estimate of drug-likeness (QED) is 0.791. The maximum absolute atomic E-state index is 12.7. The summed E-state index contributed by atoms with van der Waals surface area (Å²) in [7, 11) is 0. The van der Waals surface area contributed by atoms with Crippen molar-refractivity contribution in [1.82, 2.24) is 10.2 Å². The van der Waals surface area contributed by atoms with Crippen molar-refractivity contribution < 1.29 is 22.8 Å². The third kappa shape index (κ3) is 4.61. The summed E-state index contributed by atoms with van der Waals surface area (Å²) in [6, 6.07) is 0. The number of hydrogen-bond acceptors (Lipinski definition) is 2. The summed E-state index contributed by atoms with van der Waals surface area (Å²) in [5.41, 5.74) is 0. The lowest BCUT2D eigenvalue weighted by molar-refractivity contribution is -0.186. The Labute approximate surface area is 128 Å². The number of carbonyl (C=O) groups is 2. The van der Waals surface area contributed by atoms with Gasteiger partial charge in [-0.15, -0.1) is 0 Å². The average Bonchev–Trinajstić information content (AvgIpc) is 2.88. The van der Waals surface area contributed by atoms with Crippen LogP contribution in [0.1, 0.15) is 44.9 Å². The molecule has 2 rings (SSSR count). The zero-order valence-electron chi connectivity index (χ0n) is 12.6. The van der Waals surface area contributed by atoms with Crippen molar-refractivity contribution in [2.45, 2.75) is 51.1 Å². The van der Waals surface area contributed by atoms with Crippen molar-refractivity contribution in [3.8, 4) is 0 Å². The van der Waals surface area contributed by atoms with Crippen LogP contribution in [-0.4, -0.2) is 42.5 Å². The molecule has 1 N–H and O–H groups in total. The van der Waals surface area contributed by atoms with Crippen LogP contribution < -0.4 is 5.32 Å². The molecule has 1 heterocycles. The van der Waals surface area contributed by atoms with Gasteiger partial charge < -0.3 is 10.2 Å². The highest BCUT2D eigenvalue weighted by atomic mass is 19.4. The Kier molecular flexibility index (Phi) is 5.69. The van der Waals surface area contributed by atoms with E-state index < -0.39 is 18.0 Å². The number of nitrogens with one attached hydrogen (secondary N) is 1. The molecule has 0 aromatic heterocycles. The lowest BCUT2D eigenvalue weighted by atomic mass is 9.80. The van der Waals surface area contributed by atoms with Gasteiger partial charge in [0, 0.05) is 32.0 Å². The van der Waals surface area contributed by atoms with E-state index in [2.05, 4.69) is 5.32 Å². The molecule has 2 atom stereocenters. The van der Waals surface area contributed by atoms with Crippen LogP contribution in [0.3, 0.4) is 0 Å². The van der Waals surface area contributed by atoms with Gasteiger partial charge >= 0.3 is 6.18 Å². The molecule has 2 fully saturated rings. The lowest BCUT2D eigenvalue weighted by Gasteiger charge is -2.29. The normalized spacial score (nSPS) is 26.3. The maximum Gasteiger partial charge on any atom is 0.391 e.